The molecule has 4 rings (SSSR count). The van der Waals surface area contributed by atoms with E-state index in [1.165, 1.54) is 0 Å². The van der Waals surface area contributed by atoms with E-state index in [2.05, 4.69) is 20.4 Å². The second kappa shape index (κ2) is 10.7. The van der Waals surface area contributed by atoms with Crippen molar-refractivity contribution in [3.8, 4) is 22.9 Å². The molecule has 0 radical (unpaired) electrons. The van der Waals surface area contributed by atoms with Gasteiger partial charge in [0.25, 0.3) is 0 Å². The van der Waals surface area contributed by atoms with Gasteiger partial charge in [0.15, 0.2) is 11.5 Å². The first-order valence-electron chi connectivity index (χ1n) is 10.8. The van der Waals surface area contributed by atoms with Gasteiger partial charge in [0.2, 0.25) is 17.6 Å². The Bertz CT molecular complexity index is 1100. The number of nitrogens with zero attached hydrogens (tertiary/aromatic N) is 3. The summed E-state index contributed by atoms with van der Waals surface area (Å²) in [5, 5.41) is 7.80. The van der Waals surface area contributed by atoms with Crippen LogP contribution < -0.4 is 14.8 Å². The fourth-order valence-corrected chi connectivity index (χ4v) is 4.21. The molecular weight excluding hydrogens is 444 g/mol. The fourth-order valence-electron chi connectivity index (χ4n) is 4.00. The Balaban J connectivity index is 1.34. The van der Waals surface area contributed by atoms with Crippen molar-refractivity contribution in [3.05, 3.63) is 58.9 Å². The number of aromatic nitrogens is 2. The summed E-state index contributed by atoms with van der Waals surface area (Å²) in [4.78, 5) is 19.4. The number of hydrogen-bond acceptors (Lipinski definition) is 7. The van der Waals surface area contributed by atoms with Crippen LogP contribution in [0.5, 0.6) is 11.5 Å². The first-order chi connectivity index (χ1) is 16.1. The summed E-state index contributed by atoms with van der Waals surface area (Å²) in [6.07, 6.45) is 1.80. The Morgan fingerprint density at radius 1 is 1.21 bits per heavy atom. The van der Waals surface area contributed by atoms with Crippen molar-refractivity contribution in [1.82, 2.24) is 20.4 Å². The molecule has 8 nitrogen and oxygen atoms in total. The minimum atomic E-state index is -0.0776. The van der Waals surface area contributed by atoms with Crippen LogP contribution in [0, 0.1) is 5.92 Å². The van der Waals surface area contributed by atoms with Crippen LogP contribution in [0.4, 0.5) is 0 Å². The molecule has 1 aliphatic heterocycles. The van der Waals surface area contributed by atoms with E-state index < -0.39 is 0 Å². The van der Waals surface area contributed by atoms with Crippen molar-refractivity contribution in [2.45, 2.75) is 25.9 Å². The summed E-state index contributed by atoms with van der Waals surface area (Å²) in [5.41, 5.74) is 1.76. The highest BCUT2D eigenvalue weighted by molar-refractivity contribution is 6.30. The Morgan fingerprint density at radius 3 is 2.85 bits per heavy atom. The van der Waals surface area contributed by atoms with Gasteiger partial charge in [0.05, 0.1) is 26.7 Å². The predicted octanol–water partition coefficient (Wildman–Crippen LogP) is 3.94. The minimum absolute atomic E-state index is 0.0521. The van der Waals surface area contributed by atoms with Gasteiger partial charge in [0, 0.05) is 23.7 Å². The molecule has 3 aromatic rings. The Labute approximate surface area is 197 Å². The van der Waals surface area contributed by atoms with Crippen LogP contribution in [-0.2, 0) is 17.9 Å². The molecule has 33 heavy (non-hydrogen) atoms. The molecule has 1 aromatic heterocycles. The van der Waals surface area contributed by atoms with E-state index in [0.717, 1.165) is 30.5 Å². The number of benzene rings is 2. The van der Waals surface area contributed by atoms with Gasteiger partial charge < -0.3 is 19.3 Å². The summed E-state index contributed by atoms with van der Waals surface area (Å²) in [6.45, 7) is 2.49. The van der Waals surface area contributed by atoms with Gasteiger partial charge in [-0.1, -0.05) is 28.9 Å². The fraction of sp³-hybridized carbons (Fsp3) is 0.375. The van der Waals surface area contributed by atoms with E-state index in [4.69, 9.17) is 25.6 Å². The van der Waals surface area contributed by atoms with E-state index in [-0.39, 0.29) is 11.8 Å². The van der Waals surface area contributed by atoms with Crippen molar-refractivity contribution >= 4 is 17.5 Å². The molecule has 0 aliphatic carbocycles. The molecule has 1 N–H and O–H groups in total. The SMILES string of the molecule is COc1ccc(-c2noc(CN3CCC[C@@H](C(=O)NCc4cccc(Cl)c4)C3)n2)cc1OC. The molecule has 1 atom stereocenters. The summed E-state index contributed by atoms with van der Waals surface area (Å²) < 4.78 is 16.1. The maximum absolute atomic E-state index is 12.7. The second-order valence-electron chi connectivity index (χ2n) is 8.00. The topological polar surface area (TPSA) is 89.7 Å². The normalized spacial score (nSPS) is 16.4. The summed E-state index contributed by atoms with van der Waals surface area (Å²) in [6, 6.07) is 13.0. The van der Waals surface area contributed by atoms with Crippen molar-refractivity contribution < 1.29 is 18.8 Å². The number of piperidine rings is 1. The van der Waals surface area contributed by atoms with Gasteiger partial charge in [0.1, 0.15) is 0 Å². The third-order valence-corrected chi connectivity index (χ3v) is 5.94. The van der Waals surface area contributed by atoms with E-state index >= 15 is 0 Å². The number of hydrogen-bond donors (Lipinski definition) is 1. The van der Waals surface area contributed by atoms with Crippen LogP contribution in [0.25, 0.3) is 11.4 Å². The molecular formula is C24H27ClN4O4. The van der Waals surface area contributed by atoms with Crippen molar-refractivity contribution in [2.75, 3.05) is 27.3 Å². The van der Waals surface area contributed by atoms with Gasteiger partial charge in [-0.05, 0) is 55.3 Å². The monoisotopic (exact) mass is 470 g/mol. The largest absolute Gasteiger partial charge is 0.493 e. The Kier molecular flexibility index (Phi) is 7.47. The van der Waals surface area contributed by atoms with Crippen LogP contribution in [-0.4, -0.2) is 48.3 Å². The number of amides is 1. The zero-order chi connectivity index (χ0) is 23.2. The molecule has 0 spiro atoms. The summed E-state index contributed by atoms with van der Waals surface area (Å²) >= 11 is 6.02. The lowest BCUT2D eigenvalue weighted by Crippen LogP contribution is -2.42. The molecule has 1 saturated heterocycles. The number of carbonyl (C=O) groups excluding carboxylic acids is 1. The van der Waals surface area contributed by atoms with Gasteiger partial charge in [-0.3, -0.25) is 9.69 Å². The average molecular weight is 471 g/mol. The molecule has 0 saturated carbocycles. The van der Waals surface area contributed by atoms with Crippen LogP contribution >= 0.6 is 11.6 Å². The van der Waals surface area contributed by atoms with Crippen LogP contribution in [0.3, 0.4) is 0 Å². The van der Waals surface area contributed by atoms with E-state index in [9.17, 15) is 4.79 Å². The lowest BCUT2D eigenvalue weighted by atomic mass is 9.97. The Morgan fingerprint density at radius 2 is 2.06 bits per heavy atom. The van der Waals surface area contributed by atoms with Crippen molar-refractivity contribution in [1.29, 1.82) is 0 Å². The smallest absolute Gasteiger partial charge is 0.241 e. The maximum Gasteiger partial charge on any atom is 0.241 e. The van der Waals surface area contributed by atoms with Crippen LogP contribution in [0.1, 0.15) is 24.3 Å². The number of halogens is 1. The lowest BCUT2D eigenvalue weighted by molar-refractivity contribution is -0.127. The van der Waals surface area contributed by atoms with Gasteiger partial charge in [-0.15, -0.1) is 0 Å². The third-order valence-electron chi connectivity index (χ3n) is 5.70. The molecule has 2 aromatic carbocycles. The number of rotatable bonds is 8. The molecule has 0 bridgehead atoms. The first-order valence-corrected chi connectivity index (χ1v) is 11.2. The average Bonchev–Trinajstić information content (AvgIpc) is 3.30. The van der Waals surface area contributed by atoms with Gasteiger partial charge in [-0.25, -0.2) is 0 Å². The lowest BCUT2D eigenvalue weighted by Gasteiger charge is -2.30. The van der Waals surface area contributed by atoms with E-state index in [1.807, 2.05) is 36.4 Å². The number of nitrogens with one attached hydrogen (secondary N) is 1. The standard InChI is InChI=1S/C24H27ClN4O4/c1-31-20-9-8-17(12-21(20)32-2)23-27-22(33-28-23)15-29-10-4-6-18(14-29)24(30)26-13-16-5-3-7-19(25)11-16/h3,5,7-9,11-12,18H,4,6,10,13-15H2,1-2H3,(H,26,30)/t18-/m1/s1. The zero-order valence-electron chi connectivity index (χ0n) is 18.7. The van der Waals surface area contributed by atoms with Gasteiger partial charge >= 0.3 is 0 Å². The number of carbonyl (C=O) groups is 1. The van der Waals surface area contributed by atoms with Crippen LogP contribution in [0.15, 0.2) is 47.0 Å². The molecule has 1 fully saturated rings. The molecule has 174 valence electrons. The predicted molar refractivity (Wildman–Crippen MR) is 124 cm³/mol. The van der Waals surface area contributed by atoms with Gasteiger partial charge in [-0.2, -0.15) is 4.98 Å². The first kappa shape index (κ1) is 23.1. The second-order valence-corrected chi connectivity index (χ2v) is 8.44. The number of methoxy groups -OCH3 is 2. The minimum Gasteiger partial charge on any atom is -0.493 e. The highest BCUT2D eigenvalue weighted by atomic mass is 35.5. The zero-order valence-corrected chi connectivity index (χ0v) is 19.5. The number of ether oxygens (including phenoxy) is 2. The quantitative estimate of drug-likeness (QED) is 0.533. The van der Waals surface area contributed by atoms with E-state index in [0.29, 0.717) is 47.9 Å². The van der Waals surface area contributed by atoms with E-state index in [1.54, 1.807) is 20.3 Å². The molecule has 0 unspecified atom stereocenters. The Hall–Kier alpha value is -3.10. The molecule has 9 heteroatoms. The van der Waals surface area contributed by atoms with Crippen molar-refractivity contribution in [2.24, 2.45) is 5.92 Å². The highest BCUT2D eigenvalue weighted by Crippen LogP contribution is 2.31. The molecule has 1 amide bonds. The molecule has 2 heterocycles. The van der Waals surface area contributed by atoms with Crippen LogP contribution in [0.2, 0.25) is 5.02 Å². The third kappa shape index (κ3) is 5.83. The maximum atomic E-state index is 12.7. The summed E-state index contributed by atoms with van der Waals surface area (Å²) in [7, 11) is 3.18. The molecule has 1 aliphatic rings. The number of likely N-dealkylation sites (tertiary alicyclic amines) is 1. The highest BCUT2D eigenvalue weighted by Gasteiger charge is 2.27. The summed E-state index contributed by atoms with van der Waals surface area (Å²) in [5.74, 6) is 2.21. The van der Waals surface area contributed by atoms with Crippen molar-refractivity contribution in [3.63, 3.8) is 0 Å².